The van der Waals surface area contributed by atoms with Gasteiger partial charge < -0.3 is 29.2 Å². The van der Waals surface area contributed by atoms with Crippen LogP contribution in [0.2, 0.25) is 10.0 Å². The molecule has 1 N–H and O–H groups in total. The molecule has 0 aliphatic rings. The minimum absolute atomic E-state index is 0.0335. The zero-order chi connectivity index (χ0) is 34.7. The van der Waals surface area contributed by atoms with Crippen LogP contribution in [-0.2, 0) is 26.2 Å². The Labute approximate surface area is 286 Å². The van der Waals surface area contributed by atoms with Crippen molar-refractivity contribution in [3.8, 4) is 23.0 Å². The number of ether oxygens (including phenoxy) is 4. The molecule has 0 spiro atoms. The van der Waals surface area contributed by atoms with Gasteiger partial charge in [0.2, 0.25) is 11.8 Å². The van der Waals surface area contributed by atoms with E-state index in [0.717, 1.165) is 17.1 Å². The Kier molecular flexibility index (Phi) is 13.9. The summed E-state index contributed by atoms with van der Waals surface area (Å²) in [5, 5.41) is 3.47. The van der Waals surface area contributed by atoms with Crippen LogP contribution in [-0.4, -0.2) is 72.7 Å². The lowest BCUT2D eigenvalue weighted by Crippen LogP contribution is -2.52. The first-order valence-electron chi connectivity index (χ1n) is 14.9. The molecular weight excluding hydrogens is 669 g/mol. The first-order valence-corrected chi connectivity index (χ1v) is 17.1. The van der Waals surface area contributed by atoms with Crippen molar-refractivity contribution in [2.75, 3.05) is 45.8 Å². The van der Waals surface area contributed by atoms with Crippen molar-refractivity contribution in [3.63, 3.8) is 0 Å². The number of methoxy groups -OCH3 is 4. The van der Waals surface area contributed by atoms with Gasteiger partial charge in [-0.25, -0.2) is 8.42 Å². The smallest absolute Gasteiger partial charge is 0.265 e. The van der Waals surface area contributed by atoms with Crippen molar-refractivity contribution >= 4 is 50.7 Å². The Bertz CT molecular complexity index is 1630. The van der Waals surface area contributed by atoms with Crippen LogP contribution >= 0.6 is 23.2 Å². The second-order valence-corrected chi connectivity index (χ2v) is 13.0. The van der Waals surface area contributed by atoms with Crippen molar-refractivity contribution < 1.29 is 37.0 Å². The summed E-state index contributed by atoms with van der Waals surface area (Å²) >= 11 is 13.0. The Morgan fingerprint density at radius 3 is 2.06 bits per heavy atom. The highest BCUT2D eigenvalue weighted by molar-refractivity contribution is 7.92. The topological polar surface area (TPSA) is 124 Å². The number of carbonyl (C=O) groups excluding carboxylic acids is 2. The molecule has 0 aliphatic heterocycles. The number of nitrogens with zero attached hydrogens (tertiary/aromatic N) is 2. The predicted molar refractivity (Wildman–Crippen MR) is 183 cm³/mol. The van der Waals surface area contributed by atoms with E-state index in [9.17, 15) is 18.0 Å². The van der Waals surface area contributed by atoms with Gasteiger partial charge in [0, 0.05) is 40.8 Å². The third-order valence-electron chi connectivity index (χ3n) is 7.48. The number of unbranched alkanes of at least 4 members (excludes halogenated alkanes) is 1. The summed E-state index contributed by atoms with van der Waals surface area (Å²) in [6, 6.07) is 12.6. The zero-order valence-corrected chi connectivity index (χ0v) is 29.7. The van der Waals surface area contributed by atoms with E-state index >= 15 is 0 Å². The molecule has 0 heterocycles. The van der Waals surface area contributed by atoms with Crippen molar-refractivity contribution in [2.45, 2.75) is 50.6 Å². The minimum atomic E-state index is -4.50. The van der Waals surface area contributed by atoms with E-state index in [2.05, 4.69) is 5.32 Å². The third-order valence-corrected chi connectivity index (χ3v) is 9.95. The molecule has 0 bridgehead atoms. The highest BCUT2D eigenvalue weighted by Crippen LogP contribution is 2.38. The average Bonchev–Trinajstić information content (AvgIpc) is 3.07. The highest BCUT2D eigenvalue weighted by atomic mass is 35.5. The van der Waals surface area contributed by atoms with Gasteiger partial charge in [-0.1, -0.05) is 49.5 Å². The lowest BCUT2D eigenvalue weighted by atomic mass is 10.1. The summed E-state index contributed by atoms with van der Waals surface area (Å²) in [7, 11) is 1.13. The second kappa shape index (κ2) is 17.3. The molecule has 1 atom stereocenters. The van der Waals surface area contributed by atoms with Gasteiger partial charge in [0.15, 0.2) is 11.5 Å². The van der Waals surface area contributed by atoms with E-state index in [0.29, 0.717) is 33.7 Å². The zero-order valence-electron chi connectivity index (χ0n) is 27.3. The SMILES string of the molecule is CCCCNC(=O)[C@@H](CC)N(Cc1c(Cl)cccc1Cl)C(=O)CN(c1cc(OC)ccc1OC)S(=O)(=O)c1ccc(OC)c(OC)c1. The highest BCUT2D eigenvalue weighted by Gasteiger charge is 2.36. The van der Waals surface area contributed by atoms with Crippen LogP contribution in [0.25, 0.3) is 0 Å². The molecule has 0 radical (unpaired) electrons. The molecule has 3 rings (SSSR count). The van der Waals surface area contributed by atoms with Gasteiger partial charge in [0.1, 0.15) is 24.1 Å². The second-order valence-electron chi connectivity index (χ2n) is 10.4. The predicted octanol–water partition coefficient (Wildman–Crippen LogP) is 5.95. The summed E-state index contributed by atoms with van der Waals surface area (Å²) in [6.45, 7) is 3.31. The maximum absolute atomic E-state index is 14.5. The molecule has 0 fully saturated rings. The third kappa shape index (κ3) is 8.94. The number of benzene rings is 3. The van der Waals surface area contributed by atoms with Crippen LogP contribution in [0.3, 0.4) is 0 Å². The quantitative estimate of drug-likeness (QED) is 0.171. The fourth-order valence-electron chi connectivity index (χ4n) is 4.89. The number of amides is 2. The van der Waals surface area contributed by atoms with E-state index in [1.54, 1.807) is 31.2 Å². The molecule has 3 aromatic rings. The molecule has 256 valence electrons. The van der Waals surface area contributed by atoms with E-state index in [-0.39, 0.29) is 41.0 Å². The number of halogens is 2. The Hall–Kier alpha value is -3.87. The summed E-state index contributed by atoms with van der Waals surface area (Å²) < 4.78 is 51.5. The van der Waals surface area contributed by atoms with Crippen LogP contribution in [0.1, 0.15) is 38.7 Å². The van der Waals surface area contributed by atoms with Crippen LogP contribution in [0.5, 0.6) is 23.0 Å². The Balaban J connectivity index is 2.21. The van der Waals surface area contributed by atoms with Gasteiger partial charge in [-0.3, -0.25) is 13.9 Å². The van der Waals surface area contributed by atoms with Crippen molar-refractivity contribution in [1.29, 1.82) is 0 Å². The van der Waals surface area contributed by atoms with Gasteiger partial charge in [0.05, 0.1) is 39.0 Å². The molecule has 0 aromatic heterocycles. The molecule has 14 heteroatoms. The fraction of sp³-hybridized carbons (Fsp3) is 0.394. The van der Waals surface area contributed by atoms with Gasteiger partial charge in [-0.15, -0.1) is 0 Å². The number of carbonyl (C=O) groups is 2. The monoisotopic (exact) mass is 709 g/mol. The fourth-order valence-corrected chi connectivity index (χ4v) is 6.84. The molecule has 0 saturated heterocycles. The summed E-state index contributed by atoms with van der Waals surface area (Å²) in [6.07, 6.45) is 1.84. The average molecular weight is 711 g/mol. The number of hydrogen-bond donors (Lipinski definition) is 1. The molecule has 47 heavy (non-hydrogen) atoms. The first kappa shape index (κ1) is 37.6. The summed E-state index contributed by atoms with van der Waals surface area (Å²) in [5.41, 5.74) is 0.448. The molecule has 3 aromatic carbocycles. The first-order chi connectivity index (χ1) is 22.5. The summed E-state index contributed by atoms with van der Waals surface area (Å²) in [4.78, 5) is 29.1. The van der Waals surface area contributed by atoms with E-state index < -0.39 is 28.5 Å². The molecule has 2 amide bonds. The minimum Gasteiger partial charge on any atom is -0.497 e. The van der Waals surface area contributed by atoms with Gasteiger partial charge in [-0.05, 0) is 49.2 Å². The van der Waals surface area contributed by atoms with Gasteiger partial charge in [0.25, 0.3) is 10.0 Å². The largest absolute Gasteiger partial charge is 0.497 e. The number of sulfonamides is 1. The molecule has 11 nitrogen and oxygen atoms in total. The number of rotatable bonds is 17. The van der Waals surface area contributed by atoms with E-state index in [1.165, 1.54) is 63.7 Å². The van der Waals surface area contributed by atoms with E-state index in [1.807, 2.05) is 6.92 Å². The Morgan fingerprint density at radius 2 is 1.49 bits per heavy atom. The molecule has 0 unspecified atom stereocenters. The molecule has 0 saturated carbocycles. The van der Waals surface area contributed by atoms with Gasteiger partial charge in [-0.2, -0.15) is 0 Å². The standard InChI is InChI=1S/C33H41Cl2N3O8S/c1-7-9-17-36-33(40)27(8-2)37(20-24-25(34)11-10-12-26(24)35)32(39)21-38(28-18-22(43-3)13-15-29(28)44-4)47(41,42)23-14-16-30(45-5)31(19-23)46-6/h10-16,18-19,27H,7-9,17,20-21H2,1-6H3,(H,36,40)/t27-/m1/s1. The molecular formula is C33H41Cl2N3O8S. The molecule has 0 aliphatic carbocycles. The number of nitrogens with one attached hydrogen (secondary N) is 1. The maximum Gasteiger partial charge on any atom is 0.265 e. The summed E-state index contributed by atoms with van der Waals surface area (Å²) in [5.74, 6) is -0.106. The van der Waals surface area contributed by atoms with Crippen LogP contribution in [0, 0.1) is 0 Å². The van der Waals surface area contributed by atoms with Crippen LogP contribution in [0.15, 0.2) is 59.5 Å². The number of hydrogen-bond acceptors (Lipinski definition) is 8. The van der Waals surface area contributed by atoms with Gasteiger partial charge >= 0.3 is 0 Å². The van der Waals surface area contributed by atoms with E-state index in [4.69, 9.17) is 42.1 Å². The normalized spacial score (nSPS) is 11.7. The van der Waals surface area contributed by atoms with Crippen molar-refractivity contribution in [2.24, 2.45) is 0 Å². The number of anilines is 1. The lowest BCUT2D eigenvalue weighted by Gasteiger charge is -2.34. The van der Waals surface area contributed by atoms with Crippen molar-refractivity contribution in [3.05, 3.63) is 70.2 Å². The van der Waals surface area contributed by atoms with Crippen LogP contribution in [0.4, 0.5) is 5.69 Å². The Morgan fingerprint density at radius 1 is 0.851 bits per heavy atom. The maximum atomic E-state index is 14.5. The van der Waals surface area contributed by atoms with Crippen molar-refractivity contribution in [1.82, 2.24) is 10.2 Å². The van der Waals surface area contributed by atoms with Crippen LogP contribution < -0.4 is 28.6 Å². The lowest BCUT2D eigenvalue weighted by molar-refractivity contribution is -0.140.